The molecule has 0 radical (unpaired) electrons. The minimum atomic E-state index is -0.441. The maximum Gasteiger partial charge on any atom is 0.253 e. The summed E-state index contributed by atoms with van der Waals surface area (Å²) < 4.78 is 14.0. The van der Waals surface area contributed by atoms with Crippen LogP contribution in [0.5, 0.6) is 0 Å². The maximum atomic E-state index is 14.0. The summed E-state index contributed by atoms with van der Waals surface area (Å²) >= 11 is 0. The molecule has 0 spiro atoms. The molecule has 5 nitrogen and oxygen atoms in total. The number of rotatable bonds is 6. The van der Waals surface area contributed by atoms with Crippen LogP contribution in [0.15, 0.2) is 36.4 Å². The number of halogens is 1. The number of benzene rings is 2. The van der Waals surface area contributed by atoms with Crippen molar-refractivity contribution in [2.45, 2.75) is 27.2 Å². The van der Waals surface area contributed by atoms with Crippen molar-refractivity contribution in [2.75, 3.05) is 18.5 Å². The van der Waals surface area contributed by atoms with Crippen molar-refractivity contribution in [3.8, 4) is 6.07 Å². The predicted molar refractivity (Wildman–Crippen MR) is 101 cm³/mol. The lowest BCUT2D eigenvalue weighted by Crippen LogP contribution is -2.25. The van der Waals surface area contributed by atoms with Crippen molar-refractivity contribution in [2.24, 2.45) is 0 Å². The second-order valence-corrected chi connectivity index (χ2v) is 5.31. The molecule has 0 saturated carbocycles. The minimum Gasteiger partial charge on any atom is -0.396 e. The topological polar surface area (TPSA) is 85.2 Å². The molecule has 6 heteroatoms. The SMILES string of the molecule is CC.Cc1ccc(Nc2cc(C#N)ccc2C(=O)NCCCO)c(F)c1. The van der Waals surface area contributed by atoms with Gasteiger partial charge in [-0.25, -0.2) is 4.39 Å². The quantitative estimate of drug-likeness (QED) is 0.685. The van der Waals surface area contributed by atoms with E-state index in [0.717, 1.165) is 5.56 Å². The van der Waals surface area contributed by atoms with Crippen LogP contribution in [0.2, 0.25) is 0 Å². The normalized spacial score (nSPS) is 9.54. The summed E-state index contributed by atoms with van der Waals surface area (Å²) in [5.74, 6) is -0.799. The Bertz CT molecular complexity index is 785. The fourth-order valence-electron chi connectivity index (χ4n) is 2.16. The number of nitrogens with zero attached hydrogens (tertiary/aromatic N) is 1. The summed E-state index contributed by atoms with van der Waals surface area (Å²) in [5.41, 5.74) is 2.01. The number of carbonyl (C=O) groups is 1. The van der Waals surface area contributed by atoms with Crippen molar-refractivity contribution in [3.05, 3.63) is 58.9 Å². The Hall–Kier alpha value is -2.91. The molecule has 0 fully saturated rings. The molecule has 0 aliphatic heterocycles. The Morgan fingerprint density at radius 2 is 1.92 bits per heavy atom. The van der Waals surface area contributed by atoms with Crippen LogP contribution >= 0.6 is 0 Å². The largest absolute Gasteiger partial charge is 0.396 e. The standard InChI is InChI=1S/C18H18FN3O2.C2H6/c1-12-3-6-16(15(19)9-12)22-17-10-13(11-20)4-5-14(17)18(24)21-7-2-8-23;1-2/h3-6,9-10,22-23H,2,7-8H2,1H3,(H,21,24);1-2H3. The average molecular weight is 357 g/mol. The van der Waals surface area contributed by atoms with Gasteiger partial charge in [0, 0.05) is 13.2 Å². The van der Waals surface area contributed by atoms with Gasteiger partial charge < -0.3 is 15.7 Å². The van der Waals surface area contributed by atoms with E-state index in [1.807, 2.05) is 19.9 Å². The number of anilines is 2. The lowest BCUT2D eigenvalue weighted by molar-refractivity contribution is 0.0952. The fraction of sp³-hybridized carbons (Fsp3) is 0.300. The molecular formula is C20H24FN3O2. The molecule has 26 heavy (non-hydrogen) atoms. The van der Waals surface area contributed by atoms with E-state index in [1.54, 1.807) is 19.1 Å². The highest BCUT2D eigenvalue weighted by Gasteiger charge is 2.13. The van der Waals surface area contributed by atoms with Crippen molar-refractivity contribution in [1.82, 2.24) is 5.32 Å². The highest BCUT2D eigenvalue weighted by atomic mass is 19.1. The monoisotopic (exact) mass is 357 g/mol. The average Bonchev–Trinajstić information content (AvgIpc) is 2.65. The molecule has 0 aliphatic rings. The summed E-state index contributed by atoms with van der Waals surface area (Å²) in [4.78, 5) is 12.3. The Kier molecular flexibility index (Phi) is 8.82. The Balaban J connectivity index is 0.00000163. The van der Waals surface area contributed by atoms with E-state index >= 15 is 0 Å². The van der Waals surface area contributed by atoms with E-state index < -0.39 is 5.82 Å². The first-order valence-corrected chi connectivity index (χ1v) is 8.51. The van der Waals surface area contributed by atoms with Crippen molar-refractivity contribution in [1.29, 1.82) is 5.26 Å². The first-order valence-electron chi connectivity index (χ1n) is 8.51. The zero-order valence-electron chi connectivity index (χ0n) is 15.3. The third-order valence-corrected chi connectivity index (χ3v) is 3.41. The smallest absolute Gasteiger partial charge is 0.253 e. The summed E-state index contributed by atoms with van der Waals surface area (Å²) in [6, 6.07) is 11.3. The molecule has 0 saturated heterocycles. The molecule has 2 aromatic carbocycles. The number of nitriles is 1. The molecule has 1 amide bonds. The summed E-state index contributed by atoms with van der Waals surface area (Å²) in [7, 11) is 0. The van der Waals surface area contributed by atoms with Gasteiger partial charge >= 0.3 is 0 Å². The van der Waals surface area contributed by atoms with Crippen molar-refractivity contribution >= 4 is 17.3 Å². The van der Waals surface area contributed by atoms with Crippen LogP contribution in [-0.2, 0) is 0 Å². The van der Waals surface area contributed by atoms with Crippen molar-refractivity contribution in [3.63, 3.8) is 0 Å². The zero-order valence-corrected chi connectivity index (χ0v) is 15.3. The molecule has 0 unspecified atom stereocenters. The van der Waals surface area contributed by atoms with Gasteiger partial charge in [-0.1, -0.05) is 19.9 Å². The van der Waals surface area contributed by atoms with Crippen LogP contribution in [0.3, 0.4) is 0 Å². The van der Waals surface area contributed by atoms with Gasteiger partial charge in [-0.15, -0.1) is 0 Å². The second-order valence-electron chi connectivity index (χ2n) is 5.31. The number of carbonyl (C=O) groups excluding carboxylic acids is 1. The van der Waals surface area contributed by atoms with Crippen LogP contribution < -0.4 is 10.6 Å². The minimum absolute atomic E-state index is 0.0205. The molecule has 0 heterocycles. The first kappa shape index (κ1) is 21.1. The third-order valence-electron chi connectivity index (χ3n) is 3.41. The first-order chi connectivity index (χ1) is 12.5. The van der Waals surface area contributed by atoms with Crippen LogP contribution in [0.4, 0.5) is 15.8 Å². The predicted octanol–water partition coefficient (Wildman–Crippen LogP) is 3.89. The van der Waals surface area contributed by atoms with E-state index in [1.165, 1.54) is 24.3 Å². The number of aliphatic hydroxyl groups excluding tert-OH is 1. The molecule has 3 N–H and O–H groups in total. The second kappa shape index (κ2) is 10.9. The van der Waals surface area contributed by atoms with E-state index in [0.29, 0.717) is 29.8 Å². The van der Waals surface area contributed by atoms with Crippen LogP contribution in [0.1, 0.15) is 41.8 Å². The van der Waals surface area contributed by atoms with E-state index in [-0.39, 0.29) is 18.2 Å². The summed E-state index contributed by atoms with van der Waals surface area (Å²) in [5, 5.41) is 23.4. The van der Waals surface area contributed by atoms with Gasteiger partial charge in [0.15, 0.2) is 0 Å². The molecule has 2 aromatic rings. The lowest BCUT2D eigenvalue weighted by Gasteiger charge is -2.13. The van der Waals surface area contributed by atoms with Gasteiger partial charge in [-0.3, -0.25) is 4.79 Å². The number of nitrogens with one attached hydrogen (secondary N) is 2. The molecular weight excluding hydrogens is 333 g/mol. The van der Waals surface area contributed by atoms with E-state index in [9.17, 15) is 9.18 Å². The Morgan fingerprint density at radius 3 is 2.54 bits per heavy atom. The van der Waals surface area contributed by atoms with Crippen molar-refractivity contribution < 1.29 is 14.3 Å². The summed E-state index contributed by atoms with van der Waals surface area (Å²) in [6.45, 7) is 6.09. The van der Waals surface area contributed by atoms with Gasteiger partial charge in [0.05, 0.1) is 28.6 Å². The van der Waals surface area contributed by atoms with E-state index in [4.69, 9.17) is 10.4 Å². The van der Waals surface area contributed by atoms with E-state index in [2.05, 4.69) is 10.6 Å². The van der Waals surface area contributed by atoms with Gasteiger partial charge in [-0.2, -0.15) is 5.26 Å². The molecule has 0 atom stereocenters. The number of aryl methyl sites for hydroxylation is 1. The van der Waals surface area contributed by atoms with Gasteiger partial charge in [-0.05, 0) is 49.2 Å². The molecule has 2 rings (SSSR count). The summed E-state index contributed by atoms with van der Waals surface area (Å²) in [6.07, 6.45) is 0.442. The van der Waals surface area contributed by atoms with Crippen LogP contribution in [0.25, 0.3) is 0 Å². The van der Waals surface area contributed by atoms with Crippen LogP contribution in [-0.4, -0.2) is 24.2 Å². The fourth-order valence-corrected chi connectivity index (χ4v) is 2.16. The number of amides is 1. The molecule has 0 aromatic heterocycles. The third kappa shape index (κ3) is 5.87. The molecule has 0 bridgehead atoms. The Morgan fingerprint density at radius 1 is 1.19 bits per heavy atom. The molecule has 138 valence electrons. The number of aliphatic hydroxyl groups is 1. The maximum absolute atomic E-state index is 14.0. The highest BCUT2D eigenvalue weighted by Crippen LogP contribution is 2.25. The van der Waals surface area contributed by atoms with Gasteiger partial charge in [0.25, 0.3) is 5.91 Å². The zero-order chi connectivity index (χ0) is 19.5. The molecule has 0 aliphatic carbocycles. The Labute approximate surface area is 153 Å². The van der Waals surface area contributed by atoms with Crippen LogP contribution in [0, 0.1) is 24.1 Å². The highest BCUT2D eigenvalue weighted by molar-refractivity contribution is 6.00. The lowest BCUT2D eigenvalue weighted by atomic mass is 10.1. The van der Waals surface area contributed by atoms with Gasteiger partial charge in [0.1, 0.15) is 5.82 Å². The number of hydrogen-bond acceptors (Lipinski definition) is 4. The van der Waals surface area contributed by atoms with Gasteiger partial charge in [0.2, 0.25) is 0 Å². The number of hydrogen-bond donors (Lipinski definition) is 3.